The number of hydrogen-bond acceptors (Lipinski definition) is 2. The van der Waals surface area contributed by atoms with E-state index >= 15 is 0 Å². The van der Waals surface area contributed by atoms with Crippen molar-refractivity contribution >= 4 is 11.8 Å². The van der Waals surface area contributed by atoms with Crippen molar-refractivity contribution < 1.29 is 21.1 Å². The van der Waals surface area contributed by atoms with E-state index in [1.54, 1.807) is 0 Å². The molecule has 0 rings (SSSR count). The lowest BCUT2D eigenvalue weighted by molar-refractivity contribution is -0.429. The third-order valence-electron chi connectivity index (χ3n) is 9.74. The molecule has 50 heavy (non-hydrogen) atoms. The lowest BCUT2D eigenvalue weighted by Crippen LogP contribution is -2.70. The molecule has 6 nitrogen and oxygen atoms in total. The molecule has 0 spiro atoms. The van der Waals surface area contributed by atoms with Crippen LogP contribution in [-0.4, -0.2) is 48.9 Å². The Bertz CT molecular complexity index is 750. The highest BCUT2D eigenvalue weighted by Crippen LogP contribution is 2.14. The molecule has 0 aliphatic heterocycles. The van der Waals surface area contributed by atoms with E-state index in [1.807, 2.05) is 30.9 Å². The molecule has 0 aromatic rings. The average molecular weight is 707 g/mol. The second-order valence-electron chi connectivity index (χ2n) is 14.6. The van der Waals surface area contributed by atoms with Gasteiger partial charge in [-0.2, -0.15) is 0 Å². The van der Waals surface area contributed by atoms with Crippen LogP contribution in [0.25, 0.3) is 0 Å². The number of hydrogen-bond donors (Lipinski definition) is 3. The summed E-state index contributed by atoms with van der Waals surface area (Å²) in [7, 11) is 0. The molecule has 0 aromatic carbocycles. The van der Waals surface area contributed by atoms with Crippen molar-refractivity contribution in [2.75, 3.05) is 26.2 Å². The van der Waals surface area contributed by atoms with Gasteiger partial charge >= 0.3 is 0 Å². The zero-order valence-corrected chi connectivity index (χ0v) is 34.4. The molecular formula is C44H90N4O2+2. The van der Waals surface area contributed by atoms with E-state index in [4.69, 9.17) is 0 Å². The standard InChI is InChI=1S/C40H80N4O2.C4H8/c1-3-5-7-9-11-13-15-17-19-20-22-24-26-28-30-32-36-44(39(45)37-43-40(46)38(42)33-34-41)35-31-29-27-25-23-21-18-16-14-12-10-8-6-4-2;1-3-4-2/h17,19,38H,3-16,18,20-37,41-42H2,1-2H3,(H,43,46);3-4H,1-2H3/p+2/b19-17+;4-3-. The molecule has 0 fully saturated rings. The molecule has 0 saturated carbocycles. The maximum Gasteiger partial charge on any atom is 0.278 e. The van der Waals surface area contributed by atoms with Crippen molar-refractivity contribution in [3.8, 4) is 0 Å². The summed E-state index contributed by atoms with van der Waals surface area (Å²) in [6.45, 7) is 10.9. The van der Waals surface area contributed by atoms with E-state index in [9.17, 15) is 9.59 Å². The van der Waals surface area contributed by atoms with Crippen LogP contribution in [0.2, 0.25) is 0 Å². The van der Waals surface area contributed by atoms with Crippen LogP contribution in [0.4, 0.5) is 0 Å². The van der Waals surface area contributed by atoms with E-state index in [0.29, 0.717) is 13.0 Å². The molecule has 2 amide bonds. The highest BCUT2D eigenvalue weighted by molar-refractivity contribution is 5.86. The van der Waals surface area contributed by atoms with Gasteiger partial charge in [0.2, 0.25) is 5.91 Å². The van der Waals surface area contributed by atoms with E-state index in [0.717, 1.165) is 25.9 Å². The van der Waals surface area contributed by atoms with Crippen molar-refractivity contribution in [1.82, 2.24) is 10.2 Å². The largest absolute Gasteiger partial charge is 0.357 e. The molecule has 0 aliphatic rings. The van der Waals surface area contributed by atoms with Gasteiger partial charge in [0, 0.05) is 13.1 Å². The first kappa shape index (κ1) is 50.4. The number of nitrogens with one attached hydrogen (secondary N) is 1. The molecule has 0 saturated heterocycles. The Balaban J connectivity index is 0. The molecule has 0 heterocycles. The van der Waals surface area contributed by atoms with Gasteiger partial charge in [-0.25, -0.2) is 0 Å². The average Bonchev–Trinajstić information content (AvgIpc) is 3.12. The summed E-state index contributed by atoms with van der Waals surface area (Å²) < 4.78 is 0. The molecule has 0 aromatic heterocycles. The smallest absolute Gasteiger partial charge is 0.278 e. The van der Waals surface area contributed by atoms with Crippen molar-refractivity contribution in [2.45, 2.75) is 220 Å². The van der Waals surface area contributed by atoms with Crippen molar-refractivity contribution in [1.29, 1.82) is 0 Å². The molecule has 7 N–H and O–H groups in total. The molecule has 0 aliphatic carbocycles. The van der Waals surface area contributed by atoms with Gasteiger partial charge in [0.15, 0.2) is 6.04 Å². The summed E-state index contributed by atoms with van der Waals surface area (Å²) >= 11 is 0. The fraction of sp³-hybridized carbons (Fsp3) is 0.864. The Hall–Kier alpha value is -1.66. The Morgan fingerprint density at radius 1 is 0.560 bits per heavy atom. The fourth-order valence-corrected chi connectivity index (χ4v) is 6.20. The van der Waals surface area contributed by atoms with Gasteiger partial charge in [-0.1, -0.05) is 179 Å². The minimum absolute atomic E-state index is 0.0533. The van der Waals surface area contributed by atoms with Gasteiger partial charge in [-0.3, -0.25) is 9.59 Å². The number of rotatable bonds is 36. The van der Waals surface area contributed by atoms with Crippen molar-refractivity contribution in [3.05, 3.63) is 24.3 Å². The third-order valence-corrected chi connectivity index (χ3v) is 9.74. The molecule has 296 valence electrons. The van der Waals surface area contributed by atoms with Crippen LogP contribution in [0.5, 0.6) is 0 Å². The number of carbonyl (C=O) groups excluding carboxylic acids is 2. The Morgan fingerprint density at radius 3 is 1.24 bits per heavy atom. The number of amides is 2. The normalized spacial score (nSPS) is 12.0. The number of carbonyl (C=O) groups is 2. The van der Waals surface area contributed by atoms with E-state index in [1.165, 1.54) is 167 Å². The van der Waals surface area contributed by atoms with Gasteiger partial charge in [0.25, 0.3) is 5.91 Å². The van der Waals surface area contributed by atoms with Gasteiger partial charge in [-0.05, 0) is 52.4 Å². The van der Waals surface area contributed by atoms with Crippen molar-refractivity contribution in [3.63, 3.8) is 0 Å². The maximum atomic E-state index is 13.1. The summed E-state index contributed by atoms with van der Waals surface area (Å²) in [5.74, 6) is -0.0803. The number of nitrogens with zero attached hydrogens (tertiary/aromatic N) is 1. The molecular weight excluding hydrogens is 617 g/mol. The maximum absolute atomic E-state index is 13.1. The van der Waals surface area contributed by atoms with E-state index < -0.39 is 0 Å². The number of allylic oxidation sites excluding steroid dienone is 4. The van der Waals surface area contributed by atoms with Crippen LogP contribution in [0.3, 0.4) is 0 Å². The van der Waals surface area contributed by atoms with E-state index in [-0.39, 0.29) is 24.4 Å². The zero-order chi connectivity index (χ0) is 37.2. The first-order valence-electron chi connectivity index (χ1n) is 21.9. The topological polar surface area (TPSA) is 105 Å². The third kappa shape index (κ3) is 39.1. The van der Waals surface area contributed by atoms with Crippen LogP contribution >= 0.6 is 0 Å². The van der Waals surface area contributed by atoms with Gasteiger partial charge in [0.05, 0.1) is 19.5 Å². The second kappa shape index (κ2) is 43.5. The number of quaternary nitrogens is 2. The summed E-state index contributed by atoms with van der Waals surface area (Å²) in [5.41, 5.74) is 7.73. The van der Waals surface area contributed by atoms with Crippen LogP contribution < -0.4 is 16.8 Å². The highest BCUT2D eigenvalue weighted by Gasteiger charge is 2.19. The van der Waals surface area contributed by atoms with E-state index in [2.05, 4.69) is 42.8 Å². The van der Waals surface area contributed by atoms with Crippen LogP contribution in [0.15, 0.2) is 24.3 Å². The summed E-state index contributed by atoms with van der Waals surface area (Å²) in [6.07, 6.45) is 46.2. The zero-order valence-electron chi connectivity index (χ0n) is 34.4. The van der Waals surface area contributed by atoms with Gasteiger partial charge in [0.1, 0.15) is 0 Å². The number of unbranched alkanes of at least 4 members (excludes halogenated alkanes) is 25. The highest BCUT2D eigenvalue weighted by atomic mass is 16.2. The SMILES string of the molecule is C/C=C\C.CCCCCCCC/C=C/CCCCCCCCN(CCCCCCCCCCCCCCCC)C(=O)CNC(=O)C([NH3+])CC[NH3+]. The molecule has 1 unspecified atom stereocenters. The fourth-order valence-electron chi connectivity index (χ4n) is 6.20. The van der Waals surface area contributed by atoms with Crippen LogP contribution in [0.1, 0.15) is 214 Å². The minimum Gasteiger partial charge on any atom is -0.357 e. The Labute approximate surface area is 312 Å². The summed E-state index contributed by atoms with van der Waals surface area (Å²) in [5, 5.41) is 2.83. The molecule has 0 radical (unpaired) electrons. The predicted molar refractivity (Wildman–Crippen MR) is 219 cm³/mol. The first-order valence-corrected chi connectivity index (χ1v) is 21.9. The van der Waals surface area contributed by atoms with Crippen LogP contribution in [0, 0.1) is 0 Å². The Kier molecular flexibility index (Phi) is 43.9. The summed E-state index contributed by atoms with van der Waals surface area (Å²) in [4.78, 5) is 27.4. The minimum atomic E-state index is -0.333. The quantitative estimate of drug-likeness (QED) is 0.0446. The van der Waals surface area contributed by atoms with Crippen molar-refractivity contribution in [2.24, 2.45) is 0 Å². The molecule has 6 heteroatoms. The van der Waals surface area contributed by atoms with Gasteiger partial charge < -0.3 is 21.7 Å². The monoisotopic (exact) mass is 707 g/mol. The second-order valence-corrected chi connectivity index (χ2v) is 14.6. The lowest BCUT2D eigenvalue weighted by atomic mass is 10.0. The molecule has 0 bridgehead atoms. The first-order chi connectivity index (χ1) is 24.5. The Morgan fingerprint density at radius 2 is 0.900 bits per heavy atom. The van der Waals surface area contributed by atoms with Gasteiger partial charge in [-0.15, -0.1) is 0 Å². The summed E-state index contributed by atoms with van der Waals surface area (Å²) in [6, 6.07) is -0.333. The van der Waals surface area contributed by atoms with Crippen LogP contribution in [-0.2, 0) is 9.59 Å². The lowest BCUT2D eigenvalue weighted by Gasteiger charge is -2.23. The predicted octanol–water partition coefficient (Wildman–Crippen LogP) is 10.3. The molecule has 1 atom stereocenters.